The zero-order valence-electron chi connectivity index (χ0n) is 14.4. The number of rotatable bonds is 3. The second kappa shape index (κ2) is 6.16. The van der Waals surface area contributed by atoms with Crippen LogP contribution in [-0.2, 0) is 11.2 Å². The summed E-state index contributed by atoms with van der Waals surface area (Å²) in [6.07, 6.45) is 2.44. The minimum atomic E-state index is -0.371. The third-order valence-corrected chi connectivity index (χ3v) is 4.67. The van der Waals surface area contributed by atoms with Gasteiger partial charge in [-0.1, -0.05) is 29.8 Å². The number of hydrogen-bond acceptors (Lipinski definition) is 4. The number of nitrogens with zero attached hydrogens (tertiary/aromatic N) is 3. The number of benzene rings is 2. The van der Waals surface area contributed by atoms with Crippen LogP contribution in [0, 0.1) is 6.92 Å². The highest BCUT2D eigenvalue weighted by molar-refractivity contribution is 6.01. The molecule has 1 N–H and O–H groups in total. The number of hydrogen-bond donors (Lipinski definition) is 1. The highest BCUT2D eigenvalue weighted by Crippen LogP contribution is 2.28. The molecule has 1 amide bonds. The van der Waals surface area contributed by atoms with Gasteiger partial charge in [-0.05, 0) is 44.0 Å². The third kappa shape index (κ3) is 2.82. The Morgan fingerprint density at radius 3 is 2.92 bits per heavy atom. The Hall–Kier alpha value is -2.95. The van der Waals surface area contributed by atoms with Gasteiger partial charge >= 0.3 is 0 Å². The Morgan fingerprint density at radius 2 is 2.04 bits per heavy atom. The Morgan fingerprint density at radius 1 is 1.20 bits per heavy atom. The molecule has 1 atom stereocenters. The molecule has 1 aliphatic heterocycles. The van der Waals surface area contributed by atoms with Crippen molar-refractivity contribution in [1.29, 1.82) is 0 Å². The van der Waals surface area contributed by atoms with E-state index in [4.69, 9.17) is 0 Å². The van der Waals surface area contributed by atoms with E-state index in [0.717, 1.165) is 35.1 Å². The van der Waals surface area contributed by atoms with E-state index in [1.54, 1.807) is 0 Å². The smallest absolute Gasteiger partial charge is 0.249 e. The number of carbonyl (C=O) groups excluding carboxylic acids is 1. The lowest BCUT2D eigenvalue weighted by Gasteiger charge is -2.23. The van der Waals surface area contributed by atoms with Crippen molar-refractivity contribution in [2.24, 2.45) is 0 Å². The first-order valence-electron chi connectivity index (χ1n) is 8.50. The summed E-state index contributed by atoms with van der Waals surface area (Å²) >= 11 is 0. The van der Waals surface area contributed by atoms with Gasteiger partial charge in [0.05, 0.1) is 5.52 Å². The molecule has 0 saturated heterocycles. The Kier molecular flexibility index (Phi) is 3.84. The summed E-state index contributed by atoms with van der Waals surface area (Å²) in [5.74, 6) is 0.756. The number of anilines is 2. The van der Waals surface area contributed by atoms with Gasteiger partial charge in [0.1, 0.15) is 18.2 Å². The fourth-order valence-corrected chi connectivity index (χ4v) is 3.35. The Bertz CT molecular complexity index is 953. The standard InChI is InChI=1S/C20H20N4O/c1-13-7-8-17-16(11-13)19(22-12-21-17)23-14(2)20(25)24-10-9-15-5-3-4-6-18(15)24/h3-8,11-12,14H,9-10H2,1-2H3,(H,21,22,23). The fourth-order valence-electron chi connectivity index (χ4n) is 3.35. The molecule has 2 heterocycles. The SMILES string of the molecule is Cc1ccc2ncnc(NC(C)C(=O)N3CCc4ccccc43)c2c1. The summed E-state index contributed by atoms with van der Waals surface area (Å²) in [7, 11) is 0. The summed E-state index contributed by atoms with van der Waals surface area (Å²) in [4.78, 5) is 23.4. The van der Waals surface area contributed by atoms with Gasteiger partial charge in [-0.2, -0.15) is 0 Å². The summed E-state index contributed by atoms with van der Waals surface area (Å²) < 4.78 is 0. The van der Waals surface area contributed by atoms with Crippen LogP contribution in [0.4, 0.5) is 11.5 Å². The van der Waals surface area contributed by atoms with Gasteiger partial charge in [0, 0.05) is 17.6 Å². The quantitative estimate of drug-likeness (QED) is 0.799. The normalized spacial score (nSPS) is 14.4. The molecule has 1 unspecified atom stereocenters. The number of aryl methyl sites for hydroxylation is 1. The van der Waals surface area contributed by atoms with Gasteiger partial charge in [-0.25, -0.2) is 9.97 Å². The van der Waals surface area contributed by atoms with Gasteiger partial charge < -0.3 is 10.2 Å². The molecule has 5 heteroatoms. The molecule has 0 fully saturated rings. The van der Waals surface area contributed by atoms with Crippen LogP contribution in [0.3, 0.4) is 0 Å². The lowest BCUT2D eigenvalue weighted by Crippen LogP contribution is -2.40. The van der Waals surface area contributed by atoms with E-state index in [9.17, 15) is 4.79 Å². The van der Waals surface area contributed by atoms with Crippen LogP contribution in [0.15, 0.2) is 48.8 Å². The first-order chi connectivity index (χ1) is 12.1. The summed E-state index contributed by atoms with van der Waals surface area (Å²) in [6.45, 7) is 4.65. The number of fused-ring (bicyclic) bond motifs is 2. The Labute approximate surface area is 146 Å². The van der Waals surface area contributed by atoms with E-state index in [1.807, 2.05) is 55.1 Å². The molecular formula is C20H20N4O. The molecule has 0 radical (unpaired) electrons. The van der Waals surface area contributed by atoms with E-state index >= 15 is 0 Å². The topological polar surface area (TPSA) is 58.1 Å². The largest absolute Gasteiger partial charge is 0.358 e. The highest BCUT2D eigenvalue weighted by atomic mass is 16.2. The van der Waals surface area contributed by atoms with Crippen molar-refractivity contribution >= 4 is 28.3 Å². The molecule has 1 aromatic heterocycles. The number of nitrogens with one attached hydrogen (secondary N) is 1. The molecular weight excluding hydrogens is 312 g/mol. The van der Waals surface area contributed by atoms with Crippen LogP contribution in [0.25, 0.3) is 10.9 Å². The molecule has 1 aliphatic rings. The fraction of sp³-hybridized carbons (Fsp3) is 0.250. The van der Waals surface area contributed by atoms with E-state index in [2.05, 4.69) is 21.4 Å². The predicted molar refractivity (Wildman–Crippen MR) is 99.9 cm³/mol. The molecule has 0 aliphatic carbocycles. The molecule has 0 saturated carbocycles. The molecule has 0 spiro atoms. The van der Waals surface area contributed by atoms with Crippen LogP contribution >= 0.6 is 0 Å². The van der Waals surface area contributed by atoms with Gasteiger partial charge in [-0.15, -0.1) is 0 Å². The molecule has 126 valence electrons. The average Bonchev–Trinajstić information content (AvgIpc) is 3.05. The van der Waals surface area contributed by atoms with Gasteiger partial charge in [0.15, 0.2) is 0 Å². The zero-order chi connectivity index (χ0) is 17.4. The first kappa shape index (κ1) is 15.6. The maximum Gasteiger partial charge on any atom is 0.249 e. The number of amides is 1. The van der Waals surface area contributed by atoms with Crippen molar-refractivity contribution in [1.82, 2.24) is 9.97 Å². The summed E-state index contributed by atoms with van der Waals surface area (Å²) in [6, 6.07) is 13.8. The van der Waals surface area contributed by atoms with Crippen molar-refractivity contribution in [2.75, 3.05) is 16.8 Å². The molecule has 2 aromatic carbocycles. The lowest BCUT2D eigenvalue weighted by atomic mass is 10.1. The molecule has 5 nitrogen and oxygen atoms in total. The van der Waals surface area contributed by atoms with Crippen molar-refractivity contribution in [3.63, 3.8) is 0 Å². The first-order valence-corrected chi connectivity index (χ1v) is 8.50. The van der Waals surface area contributed by atoms with Gasteiger partial charge in [-0.3, -0.25) is 4.79 Å². The van der Waals surface area contributed by atoms with Gasteiger partial charge in [0.2, 0.25) is 5.91 Å². The molecule has 3 aromatic rings. The van der Waals surface area contributed by atoms with Crippen molar-refractivity contribution in [3.05, 3.63) is 59.9 Å². The minimum absolute atomic E-state index is 0.0596. The van der Waals surface area contributed by atoms with E-state index in [1.165, 1.54) is 11.9 Å². The minimum Gasteiger partial charge on any atom is -0.358 e. The third-order valence-electron chi connectivity index (χ3n) is 4.67. The predicted octanol–water partition coefficient (Wildman–Crippen LogP) is 3.33. The van der Waals surface area contributed by atoms with E-state index < -0.39 is 0 Å². The maximum absolute atomic E-state index is 12.9. The highest BCUT2D eigenvalue weighted by Gasteiger charge is 2.28. The number of carbonyl (C=O) groups is 1. The number of para-hydroxylation sites is 1. The van der Waals surface area contributed by atoms with Crippen LogP contribution in [0.2, 0.25) is 0 Å². The summed E-state index contributed by atoms with van der Waals surface area (Å²) in [5.41, 5.74) is 4.25. The van der Waals surface area contributed by atoms with Crippen LogP contribution < -0.4 is 10.2 Å². The van der Waals surface area contributed by atoms with E-state index in [0.29, 0.717) is 5.82 Å². The van der Waals surface area contributed by atoms with Crippen LogP contribution in [0.5, 0.6) is 0 Å². The molecule has 25 heavy (non-hydrogen) atoms. The average molecular weight is 332 g/mol. The van der Waals surface area contributed by atoms with Gasteiger partial charge in [0.25, 0.3) is 0 Å². The molecule has 4 rings (SSSR count). The number of aromatic nitrogens is 2. The maximum atomic E-state index is 12.9. The lowest BCUT2D eigenvalue weighted by molar-refractivity contribution is -0.118. The van der Waals surface area contributed by atoms with Crippen molar-refractivity contribution in [2.45, 2.75) is 26.3 Å². The van der Waals surface area contributed by atoms with E-state index in [-0.39, 0.29) is 11.9 Å². The van der Waals surface area contributed by atoms with Crippen molar-refractivity contribution in [3.8, 4) is 0 Å². The second-order valence-corrected chi connectivity index (χ2v) is 6.48. The van der Waals surface area contributed by atoms with Crippen molar-refractivity contribution < 1.29 is 4.79 Å². The Balaban J connectivity index is 1.60. The van der Waals surface area contributed by atoms with Crippen LogP contribution in [-0.4, -0.2) is 28.5 Å². The monoisotopic (exact) mass is 332 g/mol. The zero-order valence-corrected chi connectivity index (χ0v) is 14.4. The molecule has 0 bridgehead atoms. The summed E-state index contributed by atoms with van der Waals surface area (Å²) in [5, 5.41) is 4.21. The van der Waals surface area contributed by atoms with Crippen LogP contribution in [0.1, 0.15) is 18.1 Å². The second-order valence-electron chi connectivity index (χ2n) is 6.48.